The van der Waals surface area contributed by atoms with Crippen LogP contribution in [0.2, 0.25) is 0 Å². The van der Waals surface area contributed by atoms with Crippen LogP contribution in [0.4, 0.5) is 5.69 Å². The number of hydrogen-bond acceptors (Lipinski definition) is 2. The van der Waals surface area contributed by atoms with E-state index in [1.165, 1.54) is 30.6 Å². The molecule has 2 fully saturated rings. The topological polar surface area (TPSA) is 15.3 Å². The lowest BCUT2D eigenvalue weighted by atomic mass is 9.87. The lowest BCUT2D eigenvalue weighted by Gasteiger charge is -2.35. The van der Waals surface area contributed by atoms with Crippen LogP contribution in [0.1, 0.15) is 39.2 Å². The molecule has 1 aliphatic carbocycles. The summed E-state index contributed by atoms with van der Waals surface area (Å²) in [7, 11) is 0. The number of piperazine rings is 1. The van der Waals surface area contributed by atoms with Gasteiger partial charge in [0.15, 0.2) is 0 Å². The van der Waals surface area contributed by atoms with Crippen molar-refractivity contribution >= 4 is 5.69 Å². The summed E-state index contributed by atoms with van der Waals surface area (Å²) in [6.07, 6.45) is 2.85. The van der Waals surface area contributed by atoms with Gasteiger partial charge in [0.25, 0.3) is 0 Å². The number of anilines is 1. The van der Waals surface area contributed by atoms with E-state index in [4.69, 9.17) is 0 Å². The van der Waals surface area contributed by atoms with Gasteiger partial charge in [0.1, 0.15) is 0 Å². The van der Waals surface area contributed by atoms with Crippen molar-refractivity contribution in [1.29, 1.82) is 0 Å². The maximum Gasteiger partial charge on any atom is 0.0367 e. The van der Waals surface area contributed by atoms with Crippen LogP contribution in [0.15, 0.2) is 24.3 Å². The molecule has 1 saturated carbocycles. The summed E-state index contributed by atoms with van der Waals surface area (Å²) in [6.45, 7) is 10.3. The molecule has 0 amide bonds. The highest BCUT2D eigenvalue weighted by molar-refractivity contribution is 5.49. The van der Waals surface area contributed by atoms with Crippen LogP contribution in [0.5, 0.6) is 0 Å². The van der Waals surface area contributed by atoms with E-state index < -0.39 is 0 Å². The molecule has 1 N–H and O–H groups in total. The van der Waals surface area contributed by atoms with E-state index in [1.807, 2.05) is 0 Å². The van der Waals surface area contributed by atoms with Crippen molar-refractivity contribution < 1.29 is 0 Å². The van der Waals surface area contributed by atoms with Gasteiger partial charge in [0.2, 0.25) is 0 Å². The van der Waals surface area contributed by atoms with Gasteiger partial charge in [0, 0.05) is 31.4 Å². The summed E-state index contributed by atoms with van der Waals surface area (Å²) >= 11 is 0. The Morgan fingerprint density at radius 2 is 1.79 bits per heavy atom. The first-order chi connectivity index (χ1) is 9.04. The lowest BCUT2D eigenvalue weighted by molar-refractivity contribution is 0.419. The van der Waals surface area contributed by atoms with Crippen LogP contribution in [0, 0.1) is 5.92 Å². The van der Waals surface area contributed by atoms with Gasteiger partial charge in [-0.3, -0.25) is 0 Å². The van der Waals surface area contributed by atoms with Gasteiger partial charge in [-0.15, -0.1) is 0 Å². The molecule has 0 radical (unpaired) electrons. The second kappa shape index (κ2) is 4.82. The Labute approximate surface area is 117 Å². The summed E-state index contributed by atoms with van der Waals surface area (Å²) in [5.74, 6) is 0.941. The number of benzene rings is 1. The highest BCUT2D eigenvalue weighted by Gasteiger charge is 2.34. The molecule has 2 nitrogen and oxygen atoms in total. The fraction of sp³-hybridized carbons (Fsp3) is 0.647. The first-order valence-corrected chi connectivity index (χ1v) is 7.63. The van der Waals surface area contributed by atoms with Gasteiger partial charge in [-0.25, -0.2) is 0 Å². The van der Waals surface area contributed by atoms with Crippen molar-refractivity contribution in [3.8, 4) is 0 Å². The molecule has 3 rings (SSSR count). The molecule has 1 atom stereocenters. The molecule has 0 bridgehead atoms. The second-order valence-corrected chi connectivity index (χ2v) is 7.14. The maximum atomic E-state index is 3.67. The molecule has 1 aromatic rings. The molecule has 104 valence electrons. The van der Waals surface area contributed by atoms with Crippen molar-refractivity contribution in [2.75, 3.05) is 24.5 Å². The highest BCUT2D eigenvalue weighted by atomic mass is 15.2. The van der Waals surface area contributed by atoms with Gasteiger partial charge in [-0.05, 0) is 41.9 Å². The van der Waals surface area contributed by atoms with Crippen molar-refractivity contribution in [2.24, 2.45) is 5.92 Å². The first-order valence-electron chi connectivity index (χ1n) is 7.63. The van der Waals surface area contributed by atoms with Crippen molar-refractivity contribution in [3.63, 3.8) is 0 Å². The normalized spacial score (nSPS) is 24.6. The molecule has 1 aromatic carbocycles. The van der Waals surface area contributed by atoms with Crippen LogP contribution >= 0.6 is 0 Å². The third kappa shape index (κ3) is 2.94. The molecule has 1 saturated heterocycles. The van der Waals surface area contributed by atoms with Crippen LogP contribution < -0.4 is 10.2 Å². The molecule has 1 unspecified atom stereocenters. The van der Waals surface area contributed by atoms with E-state index in [0.29, 0.717) is 0 Å². The zero-order valence-corrected chi connectivity index (χ0v) is 12.4. The molecular formula is C17H26N2. The van der Waals surface area contributed by atoms with E-state index in [1.54, 1.807) is 0 Å². The van der Waals surface area contributed by atoms with Crippen LogP contribution in [-0.4, -0.2) is 25.7 Å². The predicted octanol–water partition coefficient (Wildman–Crippen LogP) is 3.17. The Hall–Kier alpha value is -1.02. The predicted molar refractivity (Wildman–Crippen MR) is 81.9 cm³/mol. The number of nitrogens with one attached hydrogen (secondary N) is 1. The van der Waals surface area contributed by atoms with Gasteiger partial charge in [0.05, 0.1) is 0 Å². The third-order valence-electron chi connectivity index (χ3n) is 4.49. The zero-order chi connectivity index (χ0) is 13.5. The Kier molecular flexibility index (Phi) is 3.30. The summed E-state index contributed by atoms with van der Waals surface area (Å²) in [6, 6.07) is 9.91. The third-order valence-corrected chi connectivity index (χ3v) is 4.49. The fourth-order valence-corrected chi connectivity index (χ4v) is 3.00. The number of nitrogens with zero attached hydrogens (tertiary/aromatic N) is 1. The van der Waals surface area contributed by atoms with Crippen molar-refractivity contribution in [3.05, 3.63) is 29.8 Å². The minimum atomic E-state index is 0.249. The molecule has 2 aliphatic rings. The Balaban J connectivity index is 1.71. The smallest absolute Gasteiger partial charge is 0.0367 e. The Morgan fingerprint density at radius 1 is 1.11 bits per heavy atom. The lowest BCUT2D eigenvalue weighted by Crippen LogP contribution is -2.51. The molecule has 0 aromatic heterocycles. The maximum absolute atomic E-state index is 3.67. The average Bonchev–Trinajstić information content (AvgIpc) is 3.22. The van der Waals surface area contributed by atoms with Crippen LogP contribution in [0.25, 0.3) is 0 Å². The van der Waals surface area contributed by atoms with E-state index in [-0.39, 0.29) is 5.41 Å². The Morgan fingerprint density at radius 3 is 2.37 bits per heavy atom. The highest BCUT2D eigenvalue weighted by Crippen LogP contribution is 2.34. The molecule has 19 heavy (non-hydrogen) atoms. The van der Waals surface area contributed by atoms with E-state index in [9.17, 15) is 0 Å². The van der Waals surface area contributed by atoms with Crippen molar-refractivity contribution in [2.45, 2.75) is 45.1 Å². The fourth-order valence-electron chi connectivity index (χ4n) is 3.00. The van der Waals surface area contributed by atoms with Crippen molar-refractivity contribution in [1.82, 2.24) is 5.32 Å². The number of rotatable bonds is 2. The molecular weight excluding hydrogens is 232 g/mol. The SMILES string of the molecule is CC(C)(C)c1ccc(N2CCNC(C3CC3)C2)cc1. The molecule has 1 aliphatic heterocycles. The molecule has 2 heteroatoms. The average molecular weight is 258 g/mol. The molecule has 0 spiro atoms. The summed E-state index contributed by atoms with van der Waals surface area (Å²) in [4.78, 5) is 2.55. The zero-order valence-electron chi connectivity index (χ0n) is 12.4. The quantitative estimate of drug-likeness (QED) is 0.876. The second-order valence-electron chi connectivity index (χ2n) is 7.14. The van der Waals surface area contributed by atoms with Gasteiger partial charge >= 0.3 is 0 Å². The summed E-state index contributed by atoms with van der Waals surface area (Å²) < 4.78 is 0. The van der Waals surface area contributed by atoms with E-state index >= 15 is 0 Å². The van der Waals surface area contributed by atoms with E-state index in [0.717, 1.165) is 25.0 Å². The van der Waals surface area contributed by atoms with Gasteiger partial charge < -0.3 is 10.2 Å². The minimum absolute atomic E-state index is 0.249. The van der Waals surface area contributed by atoms with Crippen LogP contribution in [-0.2, 0) is 5.41 Å². The Bertz CT molecular complexity index is 426. The minimum Gasteiger partial charge on any atom is -0.369 e. The monoisotopic (exact) mass is 258 g/mol. The standard InChI is InChI=1S/C17H26N2/c1-17(2,3)14-6-8-15(9-7-14)19-11-10-18-16(12-19)13-4-5-13/h6-9,13,16,18H,4-5,10-12H2,1-3H3. The first kappa shape index (κ1) is 13.0. The summed E-state index contributed by atoms with van der Waals surface area (Å²) in [5, 5.41) is 3.67. The largest absolute Gasteiger partial charge is 0.369 e. The van der Waals surface area contributed by atoms with Gasteiger partial charge in [-0.1, -0.05) is 32.9 Å². The van der Waals surface area contributed by atoms with Gasteiger partial charge in [-0.2, -0.15) is 0 Å². The summed E-state index contributed by atoms with van der Waals surface area (Å²) in [5.41, 5.74) is 3.06. The number of hydrogen-bond donors (Lipinski definition) is 1. The van der Waals surface area contributed by atoms with E-state index in [2.05, 4.69) is 55.3 Å². The van der Waals surface area contributed by atoms with Crippen LogP contribution in [0.3, 0.4) is 0 Å². The molecule has 1 heterocycles.